The molecule has 6 heteroatoms. The van der Waals surface area contributed by atoms with Gasteiger partial charge < -0.3 is 5.32 Å². The smallest absolute Gasteiger partial charge is 0.307 e. The Bertz CT molecular complexity index is 707. The zero-order valence-electron chi connectivity index (χ0n) is 13.0. The number of Topliss-reactive ketones (excluding diaryl/α,β-unsaturated/α-hetero) is 1. The molecule has 1 heterocycles. The van der Waals surface area contributed by atoms with Gasteiger partial charge in [-0.3, -0.25) is 10.1 Å². The van der Waals surface area contributed by atoms with E-state index in [0.717, 1.165) is 31.2 Å². The first-order chi connectivity index (χ1) is 11.1. The average Bonchev–Trinajstić information content (AvgIpc) is 3.21. The molecule has 2 amide bonds. The Hall–Kier alpha value is -2.21. The topological polar surface area (TPSA) is 71.1 Å². The lowest BCUT2D eigenvalue weighted by Gasteiger charge is -2.14. The molecule has 1 aliphatic carbocycles. The SMILES string of the molecule is Cc1ccc(NC(=O)Nc2nccs2)c(C(=O)C2CCCC2)c1. The second-order valence-corrected chi connectivity index (χ2v) is 6.71. The molecule has 0 unspecified atom stereocenters. The van der Waals surface area contributed by atoms with Gasteiger partial charge in [0, 0.05) is 23.1 Å². The minimum atomic E-state index is -0.385. The number of carbonyl (C=O) groups is 2. The Labute approximate surface area is 139 Å². The van der Waals surface area contributed by atoms with Crippen LogP contribution in [0.4, 0.5) is 15.6 Å². The van der Waals surface area contributed by atoms with Crippen LogP contribution in [0.15, 0.2) is 29.8 Å². The fourth-order valence-electron chi connectivity index (χ4n) is 2.91. The molecule has 0 radical (unpaired) electrons. The van der Waals surface area contributed by atoms with Crippen LogP contribution < -0.4 is 10.6 Å². The molecule has 0 saturated heterocycles. The van der Waals surface area contributed by atoms with Crippen LogP contribution in [0.3, 0.4) is 0 Å². The van der Waals surface area contributed by atoms with E-state index >= 15 is 0 Å². The molecule has 1 saturated carbocycles. The van der Waals surface area contributed by atoms with E-state index in [9.17, 15) is 9.59 Å². The highest BCUT2D eigenvalue weighted by molar-refractivity contribution is 7.13. The quantitative estimate of drug-likeness (QED) is 0.813. The molecule has 1 aromatic carbocycles. The van der Waals surface area contributed by atoms with Crippen LogP contribution >= 0.6 is 11.3 Å². The average molecular weight is 329 g/mol. The summed E-state index contributed by atoms with van der Waals surface area (Å²) < 4.78 is 0. The highest BCUT2D eigenvalue weighted by atomic mass is 32.1. The van der Waals surface area contributed by atoms with Gasteiger partial charge in [0.15, 0.2) is 10.9 Å². The molecule has 0 aliphatic heterocycles. The summed E-state index contributed by atoms with van der Waals surface area (Å²) in [6.07, 6.45) is 5.72. The van der Waals surface area contributed by atoms with Gasteiger partial charge in [-0.15, -0.1) is 11.3 Å². The fraction of sp³-hybridized carbons (Fsp3) is 0.353. The predicted molar refractivity (Wildman–Crippen MR) is 92.2 cm³/mol. The van der Waals surface area contributed by atoms with Crippen molar-refractivity contribution in [3.05, 3.63) is 40.9 Å². The van der Waals surface area contributed by atoms with E-state index in [1.807, 2.05) is 19.1 Å². The van der Waals surface area contributed by atoms with Crippen molar-refractivity contribution in [3.8, 4) is 0 Å². The summed E-state index contributed by atoms with van der Waals surface area (Å²) in [6, 6.07) is 5.16. The summed E-state index contributed by atoms with van der Waals surface area (Å²) in [6.45, 7) is 1.95. The number of thiazole rings is 1. The summed E-state index contributed by atoms with van der Waals surface area (Å²) in [5.74, 6) is 0.218. The number of ketones is 1. The lowest BCUT2D eigenvalue weighted by atomic mass is 9.94. The van der Waals surface area contributed by atoms with E-state index in [4.69, 9.17) is 0 Å². The molecule has 3 rings (SSSR count). The minimum absolute atomic E-state index is 0.0828. The number of aryl methyl sites for hydroxylation is 1. The van der Waals surface area contributed by atoms with Crippen LogP contribution in [0.5, 0.6) is 0 Å². The Kier molecular flexibility index (Phi) is 4.71. The number of amides is 2. The summed E-state index contributed by atoms with van der Waals surface area (Å²) in [5, 5.41) is 7.76. The van der Waals surface area contributed by atoms with Gasteiger partial charge in [0.25, 0.3) is 0 Å². The van der Waals surface area contributed by atoms with Crippen molar-refractivity contribution in [1.82, 2.24) is 4.98 Å². The number of rotatable bonds is 4. The van der Waals surface area contributed by atoms with Gasteiger partial charge in [-0.25, -0.2) is 9.78 Å². The summed E-state index contributed by atoms with van der Waals surface area (Å²) in [7, 11) is 0. The molecule has 1 fully saturated rings. The maximum Gasteiger partial charge on any atom is 0.325 e. The molecule has 1 aromatic heterocycles. The fourth-order valence-corrected chi connectivity index (χ4v) is 3.44. The standard InChI is InChI=1S/C17H19N3O2S/c1-11-6-7-14(19-16(22)20-17-18-8-9-23-17)13(10-11)15(21)12-4-2-3-5-12/h6-10,12H,2-5H2,1H3,(H2,18,19,20,22). The zero-order chi connectivity index (χ0) is 16.2. The highest BCUT2D eigenvalue weighted by Crippen LogP contribution is 2.31. The monoisotopic (exact) mass is 329 g/mol. The van der Waals surface area contributed by atoms with Crippen molar-refractivity contribution in [2.75, 3.05) is 10.6 Å². The normalized spacial score (nSPS) is 14.7. The largest absolute Gasteiger partial charge is 0.325 e. The van der Waals surface area contributed by atoms with Crippen molar-refractivity contribution >= 4 is 34.0 Å². The van der Waals surface area contributed by atoms with Gasteiger partial charge in [-0.2, -0.15) is 0 Å². The summed E-state index contributed by atoms with van der Waals surface area (Å²) in [4.78, 5) is 28.8. The molecule has 1 aliphatic rings. The number of anilines is 2. The number of nitrogens with zero attached hydrogens (tertiary/aromatic N) is 1. The molecular formula is C17H19N3O2S. The maximum atomic E-state index is 12.7. The van der Waals surface area contributed by atoms with Crippen LogP contribution in [0.25, 0.3) is 0 Å². The zero-order valence-corrected chi connectivity index (χ0v) is 13.8. The molecule has 2 N–H and O–H groups in total. The van der Waals surface area contributed by atoms with Crippen LogP contribution in [0, 0.1) is 12.8 Å². The second-order valence-electron chi connectivity index (χ2n) is 5.81. The molecule has 0 atom stereocenters. The molecule has 23 heavy (non-hydrogen) atoms. The minimum Gasteiger partial charge on any atom is -0.307 e. The highest BCUT2D eigenvalue weighted by Gasteiger charge is 2.26. The molecule has 0 bridgehead atoms. The van der Waals surface area contributed by atoms with Gasteiger partial charge in [0.05, 0.1) is 5.69 Å². The van der Waals surface area contributed by atoms with Crippen molar-refractivity contribution in [2.45, 2.75) is 32.6 Å². The number of carbonyl (C=O) groups excluding carboxylic acids is 2. The van der Waals surface area contributed by atoms with E-state index in [-0.39, 0.29) is 17.7 Å². The second kappa shape index (κ2) is 6.91. The molecule has 0 spiro atoms. The summed E-state index contributed by atoms with van der Waals surface area (Å²) >= 11 is 1.35. The third-order valence-electron chi connectivity index (χ3n) is 4.07. The Morgan fingerprint density at radius 2 is 2.00 bits per heavy atom. The Balaban J connectivity index is 1.78. The molecule has 5 nitrogen and oxygen atoms in total. The van der Waals surface area contributed by atoms with Crippen LogP contribution in [-0.4, -0.2) is 16.8 Å². The van der Waals surface area contributed by atoms with Crippen molar-refractivity contribution < 1.29 is 9.59 Å². The lowest BCUT2D eigenvalue weighted by molar-refractivity contribution is 0.0923. The van der Waals surface area contributed by atoms with Gasteiger partial charge in [-0.05, 0) is 31.9 Å². The van der Waals surface area contributed by atoms with Gasteiger partial charge in [-0.1, -0.05) is 24.5 Å². The van der Waals surface area contributed by atoms with Gasteiger partial charge >= 0.3 is 6.03 Å². The van der Waals surface area contributed by atoms with Crippen molar-refractivity contribution in [3.63, 3.8) is 0 Å². The number of nitrogens with one attached hydrogen (secondary N) is 2. The van der Waals surface area contributed by atoms with Crippen molar-refractivity contribution in [2.24, 2.45) is 5.92 Å². The number of hydrogen-bond donors (Lipinski definition) is 2. The van der Waals surface area contributed by atoms with Gasteiger partial charge in [0.1, 0.15) is 0 Å². The van der Waals surface area contributed by atoms with Crippen LogP contribution in [0.1, 0.15) is 41.6 Å². The number of urea groups is 1. The lowest BCUT2D eigenvalue weighted by Crippen LogP contribution is -2.22. The first-order valence-electron chi connectivity index (χ1n) is 7.76. The third-order valence-corrected chi connectivity index (χ3v) is 4.76. The molecule has 2 aromatic rings. The predicted octanol–water partition coefficient (Wildman–Crippen LogP) is 4.47. The first-order valence-corrected chi connectivity index (χ1v) is 8.64. The number of benzene rings is 1. The van der Waals surface area contributed by atoms with Crippen LogP contribution in [-0.2, 0) is 0 Å². The van der Waals surface area contributed by atoms with E-state index in [1.54, 1.807) is 17.6 Å². The molecule has 120 valence electrons. The molecular weight excluding hydrogens is 310 g/mol. The van der Waals surface area contributed by atoms with E-state index in [0.29, 0.717) is 16.4 Å². The number of aromatic nitrogens is 1. The van der Waals surface area contributed by atoms with Crippen molar-refractivity contribution in [1.29, 1.82) is 0 Å². The van der Waals surface area contributed by atoms with Crippen LogP contribution in [0.2, 0.25) is 0 Å². The third kappa shape index (κ3) is 3.76. The Morgan fingerprint density at radius 1 is 1.22 bits per heavy atom. The van der Waals surface area contributed by atoms with E-state index < -0.39 is 0 Å². The number of hydrogen-bond acceptors (Lipinski definition) is 4. The summed E-state index contributed by atoms with van der Waals surface area (Å²) in [5.41, 5.74) is 2.17. The first kappa shape index (κ1) is 15.7. The maximum absolute atomic E-state index is 12.7. The van der Waals surface area contributed by atoms with E-state index in [1.165, 1.54) is 11.3 Å². The van der Waals surface area contributed by atoms with Gasteiger partial charge in [0.2, 0.25) is 0 Å². The van der Waals surface area contributed by atoms with E-state index in [2.05, 4.69) is 15.6 Å². The Morgan fingerprint density at radius 3 is 2.70 bits per heavy atom.